The van der Waals surface area contributed by atoms with Crippen LogP contribution in [0.3, 0.4) is 0 Å². The van der Waals surface area contributed by atoms with E-state index >= 15 is 0 Å². The molecule has 50 heavy (non-hydrogen) atoms. The highest BCUT2D eigenvalue weighted by molar-refractivity contribution is 6.01. The third-order valence-electron chi connectivity index (χ3n) is 13.2. The van der Waals surface area contributed by atoms with Gasteiger partial charge in [-0.2, -0.15) is 0 Å². The number of rotatable bonds is 6. The highest BCUT2D eigenvalue weighted by atomic mass is 15.3. The maximum Gasteiger partial charge on any atom is 0.131 e. The van der Waals surface area contributed by atoms with Crippen molar-refractivity contribution < 1.29 is 0 Å². The predicted octanol–water partition coefficient (Wildman–Crippen LogP) is 10.0. The van der Waals surface area contributed by atoms with E-state index in [4.69, 9.17) is 4.99 Å². The zero-order valence-corrected chi connectivity index (χ0v) is 30.1. The number of aliphatic imine (C=N–C) groups is 1. The summed E-state index contributed by atoms with van der Waals surface area (Å²) in [6.07, 6.45) is 49.4. The molecule has 2 aliphatic heterocycles. The van der Waals surface area contributed by atoms with Crippen LogP contribution in [0.15, 0.2) is 134 Å². The molecule has 260 valence electrons. The lowest BCUT2D eigenvalue weighted by atomic mass is 9.61. The third-order valence-corrected chi connectivity index (χ3v) is 13.2. The normalized spacial score (nSPS) is 35.2. The van der Waals surface area contributed by atoms with E-state index in [9.17, 15) is 0 Å². The molecule has 0 fully saturated rings. The zero-order valence-electron chi connectivity index (χ0n) is 30.1. The number of fused-ring (bicyclic) bond motifs is 1. The summed E-state index contributed by atoms with van der Waals surface area (Å²) >= 11 is 0. The van der Waals surface area contributed by atoms with Gasteiger partial charge >= 0.3 is 0 Å². The van der Waals surface area contributed by atoms with Crippen LogP contribution in [0.4, 0.5) is 0 Å². The van der Waals surface area contributed by atoms with Gasteiger partial charge in [0.25, 0.3) is 0 Å². The van der Waals surface area contributed by atoms with Gasteiger partial charge in [-0.15, -0.1) is 0 Å². The lowest BCUT2D eigenvalue weighted by Crippen LogP contribution is -2.58. The van der Waals surface area contributed by atoms with Crippen LogP contribution in [0.25, 0.3) is 0 Å². The fourth-order valence-electron chi connectivity index (χ4n) is 10.6. The first kappa shape index (κ1) is 32.3. The van der Waals surface area contributed by atoms with E-state index in [0.717, 1.165) is 37.9 Å². The molecule has 4 nitrogen and oxygen atoms in total. The lowest BCUT2D eigenvalue weighted by Gasteiger charge is -2.46. The van der Waals surface area contributed by atoms with Gasteiger partial charge in [0.2, 0.25) is 0 Å². The SMILES string of the molecule is CC1C=C(C2=CCC(C3=CCCC=C3)N2)C(C2CC3=C(CCC=C3)C3=C2CCCC3)CC1C1N=C(C2=CCCC=C2)NC(C2=CC=CCC2)N1. The molecule has 7 unspecified atom stereocenters. The van der Waals surface area contributed by atoms with Gasteiger partial charge in [0.15, 0.2) is 0 Å². The molecule has 0 spiro atoms. The van der Waals surface area contributed by atoms with Crippen molar-refractivity contribution in [2.45, 2.75) is 122 Å². The highest BCUT2D eigenvalue weighted by Crippen LogP contribution is 2.53. The molecular weight excluding hydrogens is 609 g/mol. The topological polar surface area (TPSA) is 48.5 Å². The quantitative estimate of drug-likeness (QED) is 0.265. The first-order valence-corrected chi connectivity index (χ1v) is 20.2. The van der Waals surface area contributed by atoms with E-state index in [2.05, 4.69) is 102 Å². The third kappa shape index (κ3) is 6.27. The van der Waals surface area contributed by atoms with Crippen LogP contribution >= 0.6 is 0 Å². The van der Waals surface area contributed by atoms with Crippen molar-refractivity contribution in [3.63, 3.8) is 0 Å². The van der Waals surface area contributed by atoms with Crippen LogP contribution in [0.2, 0.25) is 0 Å². The van der Waals surface area contributed by atoms with Crippen LogP contribution in [-0.4, -0.2) is 24.2 Å². The Labute approximate surface area is 300 Å². The van der Waals surface area contributed by atoms with E-state index in [1.807, 2.05) is 5.57 Å². The predicted molar refractivity (Wildman–Crippen MR) is 208 cm³/mol. The molecule has 0 amide bonds. The van der Waals surface area contributed by atoms with Crippen LogP contribution in [0.5, 0.6) is 0 Å². The summed E-state index contributed by atoms with van der Waals surface area (Å²) in [6.45, 7) is 2.48. The summed E-state index contributed by atoms with van der Waals surface area (Å²) in [4.78, 5) is 5.57. The molecule has 0 aromatic rings. The molecule has 0 radical (unpaired) electrons. The van der Waals surface area contributed by atoms with Gasteiger partial charge in [-0.1, -0.05) is 91.5 Å². The van der Waals surface area contributed by atoms with Gasteiger partial charge in [-0.3, -0.25) is 5.32 Å². The Bertz CT molecular complexity index is 1760. The van der Waals surface area contributed by atoms with E-state index < -0.39 is 0 Å². The molecule has 9 rings (SSSR count). The van der Waals surface area contributed by atoms with Crippen molar-refractivity contribution in [3.05, 3.63) is 129 Å². The van der Waals surface area contributed by atoms with Crippen molar-refractivity contribution in [3.8, 4) is 0 Å². The first-order chi connectivity index (χ1) is 24.7. The Balaban J connectivity index is 1.09. The molecule has 2 heterocycles. The number of allylic oxidation sites excluding steroid dienone is 15. The summed E-state index contributed by atoms with van der Waals surface area (Å²) in [5.41, 5.74) is 14.2. The Hall–Kier alpha value is -3.63. The average molecular weight is 665 g/mol. The summed E-state index contributed by atoms with van der Waals surface area (Å²) in [6, 6.07) is 0.399. The second-order valence-corrected chi connectivity index (χ2v) is 16.2. The van der Waals surface area contributed by atoms with Gasteiger partial charge in [0.05, 0.1) is 6.04 Å². The molecule has 0 saturated carbocycles. The fourth-order valence-corrected chi connectivity index (χ4v) is 10.6. The maximum absolute atomic E-state index is 5.57. The molecule has 0 saturated heterocycles. The Kier molecular flexibility index (Phi) is 9.16. The van der Waals surface area contributed by atoms with Crippen molar-refractivity contribution in [2.24, 2.45) is 28.7 Å². The van der Waals surface area contributed by atoms with Gasteiger partial charge < -0.3 is 10.6 Å². The zero-order chi connectivity index (χ0) is 33.4. The van der Waals surface area contributed by atoms with Gasteiger partial charge in [0, 0.05) is 17.2 Å². The lowest BCUT2D eigenvalue weighted by molar-refractivity contribution is 0.196. The van der Waals surface area contributed by atoms with Crippen molar-refractivity contribution in [2.75, 3.05) is 0 Å². The maximum atomic E-state index is 5.57. The summed E-state index contributed by atoms with van der Waals surface area (Å²) in [5.74, 6) is 2.97. The minimum atomic E-state index is 0.0677. The van der Waals surface area contributed by atoms with Crippen LogP contribution in [-0.2, 0) is 0 Å². The summed E-state index contributed by atoms with van der Waals surface area (Å²) in [7, 11) is 0. The monoisotopic (exact) mass is 664 g/mol. The molecule has 3 N–H and O–H groups in total. The standard InChI is InChI=1S/C46H56N4/c1-30-27-41(43-26-25-42(47-43)31-15-5-2-6-16-31)40(39-28-34-21-11-12-22-35(34)36-23-13-14-24-37(36)39)29-38(30)46-49-44(32-17-7-3-8-18-32)48-45(50-46)33-19-9-4-10-20-33/h3,5,7,9,11,15-17,19-21,26-27,30,38-40,42,44,46-47,49H,2,4,6,8,10,12-14,18,22-25,28-29H2,1H3,(H,48,50). The van der Waals surface area contributed by atoms with Crippen LogP contribution in [0.1, 0.15) is 103 Å². The molecule has 0 aromatic heterocycles. The van der Waals surface area contributed by atoms with Crippen molar-refractivity contribution >= 4 is 5.84 Å². The number of nitrogens with zero attached hydrogens (tertiary/aromatic N) is 1. The van der Waals surface area contributed by atoms with E-state index in [-0.39, 0.29) is 12.3 Å². The van der Waals surface area contributed by atoms with E-state index in [1.165, 1.54) is 86.6 Å². The first-order valence-electron chi connectivity index (χ1n) is 20.2. The molecule has 4 heteroatoms. The highest BCUT2D eigenvalue weighted by Gasteiger charge is 2.44. The Morgan fingerprint density at radius 3 is 2.46 bits per heavy atom. The minimum Gasteiger partial charge on any atom is -0.378 e. The number of hydrogen-bond acceptors (Lipinski definition) is 4. The second-order valence-electron chi connectivity index (χ2n) is 16.2. The second kappa shape index (κ2) is 14.2. The summed E-state index contributed by atoms with van der Waals surface area (Å²) < 4.78 is 0. The average Bonchev–Trinajstić information content (AvgIpc) is 3.69. The van der Waals surface area contributed by atoms with Crippen LogP contribution in [0, 0.1) is 23.7 Å². The Morgan fingerprint density at radius 2 is 1.62 bits per heavy atom. The minimum absolute atomic E-state index is 0.0677. The molecule has 7 aliphatic carbocycles. The van der Waals surface area contributed by atoms with E-state index in [0.29, 0.717) is 29.7 Å². The van der Waals surface area contributed by atoms with Gasteiger partial charge in [0.1, 0.15) is 18.2 Å². The van der Waals surface area contributed by atoms with Crippen LogP contribution < -0.4 is 16.0 Å². The number of nitrogens with one attached hydrogen (secondary N) is 3. The Morgan fingerprint density at radius 1 is 0.760 bits per heavy atom. The van der Waals surface area contributed by atoms with Gasteiger partial charge in [-0.25, -0.2) is 4.99 Å². The molecule has 0 bridgehead atoms. The molecule has 7 atom stereocenters. The molecule has 9 aliphatic rings. The van der Waals surface area contributed by atoms with Crippen molar-refractivity contribution in [1.82, 2.24) is 16.0 Å². The smallest absolute Gasteiger partial charge is 0.131 e. The summed E-state index contributed by atoms with van der Waals surface area (Å²) in [5, 5.41) is 12.0. The number of hydrogen-bond donors (Lipinski definition) is 3. The van der Waals surface area contributed by atoms with Gasteiger partial charge in [-0.05, 0) is 148 Å². The van der Waals surface area contributed by atoms with E-state index in [1.54, 1.807) is 22.3 Å². The van der Waals surface area contributed by atoms with Crippen molar-refractivity contribution in [1.29, 1.82) is 0 Å². The fraction of sp³-hybridized carbons (Fsp3) is 0.500. The molecule has 0 aromatic carbocycles. The molecular formula is C46H56N4. The largest absolute Gasteiger partial charge is 0.378 e. The number of amidine groups is 1.